The second-order valence-corrected chi connectivity index (χ2v) is 11.5. The van der Waals surface area contributed by atoms with Crippen LogP contribution in [0, 0.1) is 23.4 Å². The van der Waals surface area contributed by atoms with Crippen LogP contribution in [0.25, 0.3) is 0 Å². The Bertz CT molecular complexity index is 1200. The van der Waals surface area contributed by atoms with E-state index in [2.05, 4.69) is 5.32 Å². The number of rotatable bonds is 9. The molecule has 0 aromatic heterocycles. The first kappa shape index (κ1) is 26.4. The quantitative estimate of drug-likeness (QED) is 0.490. The molecule has 0 unspecified atom stereocenters. The van der Waals surface area contributed by atoms with E-state index in [9.17, 15) is 26.4 Å². The lowest BCUT2D eigenvalue weighted by Gasteiger charge is -2.40. The number of nitrogens with one attached hydrogen (secondary N) is 1. The fourth-order valence-corrected chi connectivity index (χ4v) is 7.23. The molecule has 1 amide bonds. The summed E-state index contributed by atoms with van der Waals surface area (Å²) in [5, 5.41) is 2.65. The molecule has 0 saturated carbocycles. The Morgan fingerprint density at radius 1 is 1.08 bits per heavy atom. The predicted molar refractivity (Wildman–Crippen MR) is 128 cm³/mol. The molecule has 2 heterocycles. The van der Waals surface area contributed by atoms with Crippen molar-refractivity contribution in [1.29, 1.82) is 0 Å². The van der Waals surface area contributed by atoms with Gasteiger partial charge in [-0.05, 0) is 73.9 Å². The van der Waals surface area contributed by atoms with Crippen LogP contribution in [0.4, 0.5) is 13.2 Å². The van der Waals surface area contributed by atoms with Gasteiger partial charge in [0.1, 0.15) is 11.6 Å². The lowest BCUT2D eigenvalue weighted by atomic mass is 9.83. The molecule has 2 aliphatic heterocycles. The number of carbonyl (C=O) groups is 1. The number of carbonyl (C=O) groups excluding carboxylic acids is 1. The molecule has 2 aliphatic rings. The van der Waals surface area contributed by atoms with Gasteiger partial charge in [0.25, 0.3) is 5.91 Å². The van der Waals surface area contributed by atoms with Crippen LogP contribution in [-0.2, 0) is 16.4 Å². The van der Waals surface area contributed by atoms with Gasteiger partial charge in [0.2, 0.25) is 10.0 Å². The largest absolute Gasteiger partial charge is 0.497 e. The molecule has 4 atom stereocenters. The van der Waals surface area contributed by atoms with Crippen molar-refractivity contribution >= 4 is 15.9 Å². The first-order chi connectivity index (χ1) is 17.1. The fraction of sp³-hybridized carbons (Fsp3) is 0.480. The van der Waals surface area contributed by atoms with E-state index in [1.165, 1.54) is 7.11 Å². The minimum Gasteiger partial charge on any atom is -0.497 e. The zero-order chi connectivity index (χ0) is 26.0. The zero-order valence-corrected chi connectivity index (χ0v) is 20.7. The summed E-state index contributed by atoms with van der Waals surface area (Å²) in [7, 11) is -2.10. The van der Waals surface area contributed by atoms with Crippen molar-refractivity contribution in [2.75, 3.05) is 19.4 Å². The Balaban J connectivity index is 1.33. The number of hydrogen-bond acceptors (Lipinski definition) is 5. The molecule has 3 N–H and O–H groups in total. The van der Waals surface area contributed by atoms with Crippen LogP contribution in [0.1, 0.15) is 41.6 Å². The Kier molecular flexibility index (Phi) is 7.91. The average molecular weight is 526 g/mol. The Morgan fingerprint density at radius 3 is 2.31 bits per heavy atom. The van der Waals surface area contributed by atoms with Crippen LogP contribution in [-0.4, -0.2) is 56.2 Å². The number of sulfonamides is 1. The van der Waals surface area contributed by atoms with Crippen LogP contribution >= 0.6 is 0 Å². The van der Waals surface area contributed by atoms with E-state index in [1.54, 1.807) is 28.6 Å². The summed E-state index contributed by atoms with van der Waals surface area (Å²) in [4.78, 5) is 12.3. The normalized spacial score (nSPS) is 22.9. The van der Waals surface area contributed by atoms with Crippen LogP contribution in [0.5, 0.6) is 5.75 Å². The van der Waals surface area contributed by atoms with E-state index in [4.69, 9.17) is 10.5 Å². The first-order valence-corrected chi connectivity index (χ1v) is 13.5. The van der Waals surface area contributed by atoms with E-state index in [0.717, 1.165) is 6.07 Å². The molecular formula is C25H30F3N3O4S. The number of nitrogens with zero attached hydrogens (tertiary/aromatic N) is 1. The maximum atomic E-state index is 14.1. The molecule has 0 spiro atoms. The van der Waals surface area contributed by atoms with Crippen molar-refractivity contribution in [1.82, 2.24) is 9.62 Å². The third-order valence-electron chi connectivity index (χ3n) is 7.17. The number of benzene rings is 2. The Labute approximate surface area is 208 Å². The molecule has 2 bridgehead atoms. The highest BCUT2D eigenvalue weighted by Gasteiger charge is 2.47. The summed E-state index contributed by atoms with van der Waals surface area (Å²) < 4.78 is 73.7. The van der Waals surface area contributed by atoms with Crippen LogP contribution in [0.2, 0.25) is 0 Å². The van der Waals surface area contributed by atoms with Crippen molar-refractivity contribution < 1.29 is 31.1 Å². The number of amides is 1. The van der Waals surface area contributed by atoms with E-state index in [0.29, 0.717) is 43.1 Å². The van der Waals surface area contributed by atoms with Crippen molar-refractivity contribution in [3.63, 3.8) is 0 Å². The minimum absolute atomic E-state index is 0.0106. The highest BCUT2D eigenvalue weighted by Crippen LogP contribution is 2.42. The van der Waals surface area contributed by atoms with Gasteiger partial charge < -0.3 is 15.8 Å². The van der Waals surface area contributed by atoms with E-state index < -0.39 is 33.5 Å². The van der Waals surface area contributed by atoms with Gasteiger partial charge >= 0.3 is 0 Å². The van der Waals surface area contributed by atoms with E-state index >= 15 is 0 Å². The molecule has 2 aromatic carbocycles. The van der Waals surface area contributed by atoms with E-state index in [-0.39, 0.29) is 48.2 Å². The first-order valence-electron chi connectivity index (χ1n) is 11.9. The maximum absolute atomic E-state index is 14.1. The fourth-order valence-electron chi connectivity index (χ4n) is 5.36. The van der Waals surface area contributed by atoms with Crippen LogP contribution in [0.3, 0.4) is 0 Å². The third kappa shape index (κ3) is 5.68. The lowest BCUT2D eigenvalue weighted by molar-refractivity contribution is 0.0956. The topological polar surface area (TPSA) is 102 Å². The molecule has 0 radical (unpaired) electrons. The SMILES string of the molecule is COc1ccc(C(=O)NCCS(=O)(=O)N2[C@@H]3CC[C@H]2C[C@H]([C@H](N)Cc2cc(F)c(F)cc2F)C3)cc1. The minimum atomic E-state index is -3.63. The monoisotopic (exact) mass is 525 g/mol. The predicted octanol–water partition coefficient (Wildman–Crippen LogP) is 2.99. The van der Waals surface area contributed by atoms with Gasteiger partial charge in [-0.1, -0.05) is 0 Å². The molecule has 0 aliphatic carbocycles. The number of halogens is 3. The number of nitrogens with two attached hydrogens (primary N) is 1. The smallest absolute Gasteiger partial charge is 0.251 e. The highest BCUT2D eigenvalue weighted by molar-refractivity contribution is 7.89. The number of piperidine rings is 1. The Morgan fingerprint density at radius 2 is 1.69 bits per heavy atom. The summed E-state index contributed by atoms with van der Waals surface area (Å²) in [5.41, 5.74) is 6.74. The standard InChI is InChI=1S/C25H30F3N3O4S/c1-35-20-6-2-15(3-7-20)25(32)30-8-9-36(33,34)31-18-4-5-19(31)11-17(10-18)24(29)13-16-12-22(27)23(28)14-21(16)26/h2-3,6-7,12,14,17-19,24H,4-5,8-11,13,29H2,1H3,(H,30,32)/t17-,18-,19+,24-/m1/s1. The van der Waals surface area contributed by atoms with Crippen molar-refractivity contribution in [3.05, 3.63) is 65.0 Å². The second-order valence-electron chi connectivity index (χ2n) is 9.47. The molecule has 11 heteroatoms. The molecule has 2 aromatic rings. The Hall–Kier alpha value is -2.63. The van der Waals surface area contributed by atoms with Gasteiger partial charge in [-0.2, -0.15) is 4.31 Å². The number of methoxy groups -OCH3 is 1. The van der Waals surface area contributed by atoms with Gasteiger partial charge in [-0.15, -0.1) is 0 Å². The molecule has 196 valence electrons. The van der Waals surface area contributed by atoms with Gasteiger partial charge in [-0.3, -0.25) is 4.79 Å². The van der Waals surface area contributed by atoms with Crippen molar-refractivity contribution in [3.8, 4) is 5.75 Å². The number of ether oxygens (including phenoxy) is 1. The molecule has 36 heavy (non-hydrogen) atoms. The summed E-state index contributed by atoms with van der Waals surface area (Å²) in [6, 6.07) is 6.89. The highest BCUT2D eigenvalue weighted by atomic mass is 32.2. The third-order valence-corrected chi connectivity index (χ3v) is 9.13. The van der Waals surface area contributed by atoms with Crippen molar-refractivity contribution in [2.45, 2.75) is 50.2 Å². The maximum Gasteiger partial charge on any atom is 0.251 e. The zero-order valence-electron chi connectivity index (χ0n) is 19.9. The summed E-state index contributed by atoms with van der Waals surface area (Å²) in [6.07, 6.45) is 2.47. The molecule has 2 fully saturated rings. The van der Waals surface area contributed by atoms with Gasteiger partial charge in [0.15, 0.2) is 11.6 Å². The second kappa shape index (κ2) is 10.8. The summed E-state index contributed by atoms with van der Waals surface area (Å²) >= 11 is 0. The summed E-state index contributed by atoms with van der Waals surface area (Å²) in [6.45, 7) is -0.0263. The van der Waals surface area contributed by atoms with Gasteiger partial charge in [0, 0.05) is 36.3 Å². The van der Waals surface area contributed by atoms with Gasteiger partial charge in [0.05, 0.1) is 12.9 Å². The number of fused-ring (bicyclic) bond motifs is 2. The summed E-state index contributed by atoms with van der Waals surface area (Å²) in [5.74, 6) is -3.27. The molecular weight excluding hydrogens is 495 g/mol. The van der Waals surface area contributed by atoms with Gasteiger partial charge in [-0.25, -0.2) is 21.6 Å². The van der Waals surface area contributed by atoms with E-state index in [1.807, 2.05) is 0 Å². The molecule has 2 saturated heterocycles. The molecule has 4 rings (SSSR count). The number of hydrogen-bond donors (Lipinski definition) is 2. The molecule has 7 nitrogen and oxygen atoms in total. The van der Waals surface area contributed by atoms with Crippen LogP contribution in [0.15, 0.2) is 36.4 Å². The average Bonchev–Trinajstić information content (AvgIpc) is 3.13. The van der Waals surface area contributed by atoms with Crippen LogP contribution < -0.4 is 15.8 Å². The lowest BCUT2D eigenvalue weighted by Crippen LogP contribution is -2.51. The van der Waals surface area contributed by atoms with Crippen molar-refractivity contribution in [2.24, 2.45) is 11.7 Å².